The second-order valence-electron chi connectivity index (χ2n) is 2.59. The van der Waals surface area contributed by atoms with Crippen LogP contribution in [0.5, 0.6) is 0 Å². The largest absolute Gasteiger partial charge is 0.394 e. The van der Waals surface area contributed by atoms with Crippen LogP contribution in [0, 0.1) is 0 Å². The van der Waals surface area contributed by atoms with Crippen LogP contribution in [-0.2, 0) is 13.0 Å². The fraction of sp³-hybridized carbons (Fsp3) is 0.625. The SMILES string of the molecule is CCCc1cnn(CCO)c1. The Morgan fingerprint density at radius 3 is 3.09 bits per heavy atom. The van der Waals surface area contributed by atoms with E-state index in [4.69, 9.17) is 5.11 Å². The molecule has 0 bridgehead atoms. The number of aliphatic hydroxyl groups is 1. The van der Waals surface area contributed by atoms with Crippen molar-refractivity contribution in [2.45, 2.75) is 26.3 Å². The van der Waals surface area contributed by atoms with Gasteiger partial charge in [0.25, 0.3) is 0 Å². The summed E-state index contributed by atoms with van der Waals surface area (Å²) in [5, 5.41) is 12.7. The number of aliphatic hydroxyl groups excluding tert-OH is 1. The van der Waals surface area contributed by atoms with Gasteiger partial charge >= 0.3 is 0 Å². The summed E-state index contributed by atoms with van der Waals surface area (Å²) < 4.78 is 1.77. The molecule has 3 heteroatoms. The van der Waals surface area contributed by atoms with Gasteiger partial charge in [0.05, 0.1) is 19.3 Å². The van der Waals surface area contributed by atoms with Crippen molar-refractivity contribution in [1.29, 1.82) is 0 Å². The molecule has 0 aromatic carbocycles. The second-order valence-corrected chi connectivity index (χ2v) is 2.59. The maximum Gasteiger partial charge on any atom is 0.0640 e. The average Bonchev–Trinajstić information content (AvgIpc) is 2.38. The van der Waals surface area contributed by atoms with Crippen LogP contribution in [0.15, 0.2) is 12.4 Å². The molecule has 62 valence electrons. The van der Waals surface area contributed by atoms with E-state index in [1.54, 1.807) is 4.68 Å². The van der Waals surface area contributed by atoms with Crippen molar-refractivity contribution in [3.8, 4) is 0 Å². The summed E-state index contributed by atoms with van der Waals surface area (Å²) in [4.78, 5) is 0. The van der Waals surface area contributed by atoms with Gasteiger partial charge < -0.3 is 5.11 Å². The van der Waals surface area contributed by atoms with Crippen LogP contribution in [0.25, 0.3) is 0 Å². The van der Waals surface area contributed by atoms with Crippen molar-refractivity contribution in [3.05, 3.63) is 18.0 Å². The monoisotopic (exact) mass is 154 g/mol. The summed E-state index contributed by atoms with van der Waals surface area (Å²) in [5.74, 6) is 0. The molecule has 1 aromatic heterocycles. The lowest BCUT2D eigenvalue weighted by Gasteiger charge is -1.94. The smallest absolute Gasteiger partial charge is 0.0640 e. The minimum absolute atomic E-state index is 0.160. The number of rotatable bonds is 4. The van der Waals surface area contributed by atoms with Crippen molar-refractivity contribution in [3.63, 3.8) is 0 Å². The molecular formula is C8H14N2O. The molecule has 0 atom stereocenters. The lowest BCUT2D eigenvalue weighted by Crippen LogP contribution is -2.01. The van der Waals surface area contributed by atoms with E-state index >= 15 is 0 Å². The third-order valence-electron chi connectivity index (χ3n) is 1.55. The van der Waals surface area contributed by atoms with Gasteiger partial charge in [-0.3, -0.25) is 4.68 Å². The van der Waals surface area contributed by atoms with Gasteiger partial charge in [0, 0.05) is 6.20 Å². The fourth-order valence-electron chi connectivity index (χ4n) is 1.05. The molecule has 0 aliphatic carbocycles. The third-order valence-corrected chi connectivity index (χ3v) is 1.55. The van der Waals surface area contributed by atoms with Crippen LogP contribution in [0.1, 0.15) is 18.9 Å². The molecule has 0 aliphatic rings. The van der Waals surface area contributed by atoms with E-state index in [0.717, 1.165) is 12.8 Å². The molecule has 0 unspecified atom stereocenters. The number of aryl methyl sites for hydroxylation is 1. The van der Waals surface area contributed by atoms with Crippen molar-refractivity contribution >= 4 is 0 Å². The highest BCUT2D eigenvalue weighted by molar-refractivity contribution is 5.03. The van der Waals surface area contributed by atoms with Gasteiger partial charge in [-0.2, -0.15) is 5.10 Å². The number of aromatic nitrogens is 2. The van der Waals surface area contributed by atoms with Crippen LogP contribution in [-0.4, -0.2) is 21.5 Å². The fourth-order valence-corrected chi connectivity index (χ4v) is 1.05. The van der Waals surface area contributed by atoms with Crippen LogP contribution in [0.3, 0.4) is 0 Å². The van der Waals surface area contributed by atoms with Gasteiger partial charge in [-0.05, 0) is 12.0 Å². The van der Waals surface area contributed by atoms with Crippen molar-refractivity contribution in [1.82, 2.24) is 9.78 Å². The molecular weight excluding hydrogens is 140 g/mol. The second kappa shape index (κ2) is 4.13. The molecule has 1 N–H and O–H groups in total. The molecule has 1 heterocycles. The van der Waals surface area contributed by atoms with Gasteiger partial charge in [0.1, 0.15) is 0 Å². The van der Waals surface area contributed by atoms with Crippen molar-refractivity contribution < 1.29 is 5.11 Å². The summed E-state index contributed by atoms with van der Waals surface area (Å²) in [7, 11) is 0. The molecule has 0 radical (unpaired) electrons. The third kappa shape index (κ3) is 2.35. The van der Waals surface area contributed by atoms with Crippen molar-refractivity contribution in [2.24, 2.45) is 0 Å². The van der Waals surface area contributed by atoms with E-state index in [1.807, 2.05) is 12.4 Å². The molecule has 0 amide bonds. The highest BCUT2D eigenvalue weighted by atomic mass is 16.3. The number of nitrogens with zero attached hydrogens (tertiary/aromatic N) is 2. The van der Waals surface area contributed by atoms with Crippen LogP contribution in [0.4, 0.5) is 0 Å². The molecule has 0 fully saturated rings. The summed E-state index contributed by atoms with van der Waals surface area (Å²) in [6, 6.07) is 0. The van der Waals surface area contributed by atoms with Gasteiger partial charge in [0.15, 0.2) is 0 Å². The zero-order valence-electron chi connectivity index (χ0n) is 6.82. The Bertz CT molecular complexity index is 187. The molecule has 1 rings (SSSR count). The first kappa shape index (κ1) is 8.27. The predicted molar refractivity (Wildman–Crippen MR) is 43.3 cm³/mol. The van der Waals surface area contributed by atoms with Crippen LogP contribution in [0.2, 0.25) is 0 Å². The normalized spacial score (nSPS) is 10.4. The highest BCUT2D eigenvalue weighted by Crippen LogP contribution is 2.00. The predicted octanol–water partition coefficient (Wildman–Crippen LogP) is 0.828. The summed E-state index contributed by atoms with van der Waals surface area (Å²) >= 11 is 0. The molecule has 0 saturated heterocycles. The number of hydrogen-bond donors (Lipinski definition) is 1. The molecule has 0 aliphatic heterocycles. The van der Waals surface area contributed by atoms with E-state index in [-0.39, 0.29) is 6.61 Å². The van der Waals surface area contributed by atoms with Gasteiger partial charge in [0.2, 0.25) is 0 Å². The minimum Gasteiger partial charge on any atom is -0.394 e. The minimum atomic E-state index is 0.160. The first-order valence-electron chi connectivity index (χ1n) is 3.99. The molecule has 0 saturated carbocycles. The number of hydrogen-bond acceptors (Lipinski definition) is 2. The maximum absolute atomic E-state index is 8.60. The van der Waals surface area contributed by atoms with E-state index in [2.05, 4.69) is 12.0 Å². The maximum atomic E-state index is 8.60. The van der Waals surface area contributed by atoms with E-state index < -0.39 is 0 Å². The standard InChI is InChI=1S/C8H14N2O/c1-2-3-8-6-9-10(7-8)4-5-11/h6-7,11H,2-5H2,1H3. The Morgan fingerprint density at radius 2 is 2.45 bits per heavy atom. The first-order valence-corrected chi connectivity index (χ1v) is 3.99. The lowest BCUT2D eigenvalue weighted by molar-refractivity contribution is 0.269. The van der Waals surface area contributed by atoms with Gasteiger partial charge in [-0.25, -0.2) is 0 Å². The Hall–Kier alpha value is -0.830. The Labute approximate surface area is 66.7 Å². The summed E-state index contributed by atoms with van der Waals surface area (Å²) in [5.41, 5.74) is 1.25. The quantitative estimate of drug-likeness (QED) is 0.697. The molecule has 1 aromatic rings. The summed E-state index contributed by atoms with van der Waals surface area (Å²) in [6.07, 6.45) is 6.06. The van der Waals surface area contributed by atoms with E-state index in [0.29, 0.717) is 6.54 Å². The Morgan fingerprint density at radius 1 is 1.64 bits per heavy atom. The molecule has 0 spiro atoms. The van der Waals surface area contributed by atoms with E-state index in [9.17, 15) is 0 Å². The Balaban J connectivity index is 2.51. The lowest BCUT2D eigenvalue weighted by atomic mass is 10.2. The zero-order chi connectivity index (χ0) is 8.10. The van der Waals surface area contributed by atoms with E-state index in [1.165, 1.54) is 5.56 Å². The van der Waals surface area contributed by atoms with Crippen LogP contribution < -0.4 is 0 Å². The van der Waals surface area contributed by atoms with Gasteiger partial charge in [-0.1, -0.05) is 13.3 Å². The molecule has 3 nitrogen and oxygen atoms in total. The Kier molecular flexibility index (Phi) is 3.11. The first-order chi connectivity index (χ1) is 5.36. The topological polar surface area (TPSA) is 38.0 Å². The van der Waals surface area contributed by atoms with Crippen LogP contribution >= 0.6 is 0 Å². The van der Waals surface area contributed by atoms with Crippen molar-refractivity contribution in [2.75, 3.05) is 6.61 Å². The van der Waals surface area contributed by atoms with Gasteiger partial charge in [-0.15, -0.1) is 0 Å². The zero-order valence-corrected chi connectivity index (χ0v) is 6.82. The summed E-state index contributed by atoms with van der Waals surface area (Å²) in [6.45, 7) is 2.90. The highest BCUT2D eigenvalue weighted by Gasteiger charge is 1.95. The molecule has 11 heavy (non-hydrogen) atoms. The average molecular weight is 154 g/mol.